The quantitative estimate of drug-likeness (QED) is 0.515. The Labute approximate surface area is 171 Å². The zero-order valence-electron chi connectivity index (χ0n) is 16.7. The molecule has 2 aromatic heterocycles. The average molecular weight is 415 g/mol. The molecular formula is C21H26N4O3S. The highest BCUT2D eigenvalue weighted by Crippen LogP contribution is 2.18. The zero-order chi connectivity index (χ0) is 20.9. The maximum absolute atomic E-state index is 12.7. The average Bonchev–Trinajstić information content (AvgIpc) is 3.02. The minimum atomic E-state index is -3.64. The van der Waals surface area contributed by atoms with Gasteiger partial charge < -0.3 is 9.30 Å². The minimum absolute atomic E-state index is 0.223. The van der Waals surface area contributed by atoms with Gasteiger partial charge in [0.1, 0.15) is 5.82 Å². The monoisotopic (exact) mass is 414 g/mol. The van der Waals surface area contributed by atoms with Crippen LogP contribution in [-0.4, -0.2) is 42.2 Å². The van der Waals surface area contributed by atoms with Gasteiger partial charge in [0.05, 0.1) is 28.7 Å². The second-order valence-corrected chi connectivity index (χ2v) is 8.47. The molecule has 0 aliphatic carbocycles. The highest BCUT2D eigenvalue weighted by Gasteiger charge is 2.19. The summed E-state index contributed by atoms with van der Waals surface area (Å²) in [5.41, 5.74) is 2.82. The fraction of sp³-hybridized carbons (Fsp3) is 0.333. The summed E-state index contributed by atoms with van der Waals surface area (Å²) < 4.78 is 35.6. The molecular weight excluding hydrogens is 388 g/mol. The van der Waals surface area contributed by atoms with E-state index in [1.54, 1.807) is 30.6 Å². The van der Waals surface area contributed by atoms with E-state index >= 15 is 0 Å². The van der Waals surface area contributed by atoms with Gasteiger partial charge in [0.15, 0.2) is 0 Å². The summed E-state index contributed by atoms with van der Waals surface area (Å²) in [6.45, 7) is 8.93. The van der Waals surface area contributed by atoms with Crippen LogP contribution in [0.25, 0.3) is 11.0 Å². The fourth-order valence-corrected chi connectivity index (χ4v) is 4.38. The molecule has 1 atom stereocenters. The van der Waals surface area contributed by atoms with E-state index in [2.05, 4.69) is 25.8 Å². The summed E-state index contributed by atoms with van der Waals surface area (Å²) in [5, 5.41) is 0. The van der Waals surface area contributed by atoms with Gasteiger partial charge in [-0.2, -0.15) is 0 Å². The lowest BCUT2D eigenvalue weighted by atomic mass is 10.2. The third-order valence-corrected chi connectivity index (χ3v) is 6.15. The zero-order valence-corrected chi connectivity index (χ0v) is 17.5. The molecule has 154 valence electrons. The molecule has 29 heavy (non-hydrogen) atoms. The van der Waals surface area contributed by atoms with E-state index < -0.39 is 10.0 Å². The summed E-state index contributed by atoms with van der Waals surface area (Å²) in [6.07, 6.45) is 5.69. The fourth-order valence-electron chi connectivity index (χ4n) is 3.15. The number of nitrogens with one attached hydrogen (secondary N) is 1. The topological polar surface area (TPSA) is 86.1 Å². The van der Waals surface area contributed by atoms with Crippen molar-refractivity contribution in [2.45, 2.75) is 37.8 Å². The summed E-state index contributed by atoms with van der Waals surface area (Å²) >= 11 is 0. The molecule has 0 saturated heterocycles. The van der Waals surface area contributed by atoms with Crippen molar-refractivity contribution in [2.75, 3.05) is 13.2 Å². The first-order valence-corrected chi connectivity index (χ1v) is 11.0. The standard InChI is InChI=1S/C21H26N4O3S/c1-4-6-18(15-28-5-2)24-29(26,27)19-9-7-17(8-10-19)14-25-16(3)23-20-11-12-22-13-21(20)25/h4,7-13,18,24H,1,5-6,14-15H2,2-3H3. The lowest BCUT2D eigenvalue weighted by molar-refractivity contribution is 0.129. The highest BCUT2D eigenvalue weighted by atomic mass is 32.2. The second kappa shape index (κ2) is 9.30. The normalized spacial score (nSPS) is 12.9. The van der Waals surface area contributed by atoms with Crippen LogP contribution in [0.15, 0.2) is 60.3 Å². The van der Waals surface area contributed by atoms with E-state index in [0.29, 0.717) is 26.2 Å². The van der Waals surface area contributed by atoms with Gasteiger partial charge >= 0.3 is 0 Å². The largest absolute Gasteiger partial charge is 0.380 e. The molecule has 0 aliphatic rings. The number of benzene rings is 1. The molecule has 3 rings (SSSR count). The van der Waals surface area contributed by atoms with Crippen molar-refractivity contribution in [1.29, 1.82) is 0 Å². The van der Waals surface area contributed by atoms with Gasteiger partial charge in [0, 0.05) is 25.4 Å². The highest BCUT2D eigenvalue weighted by molar-refractivity contribution is 7.89. The lowest BCUT2D eigenvalue weighted by Gasteiger charge is -2.17. The Balaban J connectivity index is 1.76. The van der Waals surface area contributed by atoms with Crippen molar-refractivity contribution in [3.8, 4) is 0 Å². The Morgan fingerprint density at radius 2 is 2.03 bits per heavy atom. The van der Waals surface area contributed by atoms with Gasteiger partial charge in [0.2, 0.25) is 10.0 Å². The molecule has 1 N–H and O–H groups in total. The lowest BCUT2D eigenvalue weighted by Crippen LogP contribution is -2.37. The Morgan fingerprint density at radius 3 is 2.72 bits per heavy atom. The van der Waals surface area contributed by atoms with Gasteiger partial charge in [-0.3, -0.25) is 4.98 Å². The van der Waals surface area contributed by atoms with E-state index in [1.807, 2.05) is 32.0 Å². The number of aromatic nitrogens is 3. The van der Waals surface area contributed by atoms with Crippen LogP contribution in [0.1, 0.15) is 24.7 Å². The number of pyridine rings is 1. The van der Waals surface area contributed by atoms with Crippen LogP contribution in [0, 0.1) is 6.92 Å². The van der Waals surface area contributed by atoms with Crippen molar-refractivity contribution >= 4 is 21.1 Å². The van der Waals surface area contributed by atoms with Crippen molar-refractivity contribution in [2.24, 2.45) is 0 Å². The van der Waals surface area contributed by atoms with Crippen LogP contribution in [0.3, 0.4) is 0 Å². The molecule has 3 aromatic rings. The molecule has 1 aromatic carbocycles. The Kier molecular flexibility index (Phi) is 6.79. The Morgan fingerprint density at radius 1 is 1.28 bits per heavy atom. The number of fused-ring (bicyclic) bond motifs is 1. The molecule has 0 spiro atoms. The molecule has 8 heteroatoms. The van der Waals surface area contributed by atoms with Gasteiger partial charge in [-0.25, -0.2) is 18.1 Å². The van der Waals surface area contributed by atoms with Crippen LogP contribution < -0.4 is 4.72 Å². The Hall–Kier alpha value is -2.55. The third kappa shape index (κ3) is 5.09. The van der Waals surface area contributed by atoms with Crippen molar-refractivity contribution in [3.05, 3.63) is 66.8 Å². The van der Waals surface area contributed by atoms with Crippen LogP contribution in [0.2, 0.25) is 0 Å². The number of nitrogens with zero attached hydrogens (tertiary/aromatic N) is 3. The van der Waals surface area contributed by atoms with E-state index in [-0.39, 0.29) is 10.9 Å². The van der Waals surface area contributed by atoms with E-state index in [1.165, 1.54) is 0 Å². The SMILES string of the molecule is C=CCC(COCC)NS(=O)(=O)c1ccc(Cn2c(C)nc3ccncc32)cc1. The summed E-state index contributed by atoms with van der Waals surface area (Å²) in [4.78, 5) is 8.93. The van der Waals surface area contributed by atoms with Gasteiger partial charge in [-0.1, -0.05) is 18.2 Å². The van der Waals surface area contributed by atoms with Crippen LogP contribution >= 0.6 is 0 Å². The van der Waals surface area contributed by atoms with Crippen LogP contribution in [0.4, 0.5) is 0 Å². The Bertz CT molecular complexity index is 1080. The van der Waals surface area contributed by atoms with Crippen molar-refractivity contribution in [1.82, 2.24) is 19.3 Å². The summed E-state index contributed by atoms with van der Waals surface area (Å²) in [6, 6.07) is 8.42. The molecule has 0 aliphatic heterocycles. The first-order chi connectivity index (χ1) is 13.9. The second-order valence-electron chi connectivity index (χ2n) is 6.76. The number of aryl methyl sites for hydroxylation is 1. The van der Waals surface area contributed by atoms with E-state index in [9.17, 15) is 8.42 Å². The number of hydrogen-bond acceptors (Lipinski definition) is 5. The van der Waals surface area contributed by atoms with Crippen LogP contribution in [0.5, 0.6) is 0 Å². The maximum Gasteiger partial charge on any atom is 0.240 e. The molecule has 0 radical (unpaired) electrons. The van der Waals surface area contributed by atoms with Gasteiger partial charge in [-0.15, -0.1) is 6.58 Å². The third-order valence-electron chi connectivity index (χ3n) is 4.61. The number of imidazole rings is 1. The number of rotatable bonds is 10. The maximum atomic E-state index is 12.7. The minimum Gasteiger partial charge on any atom is -0.380 e. The molecule has 2 heterocycles. The van der Waals surface area contributed by atoms with Gasteiger partial charge in [0.25, 0.3) is 0 Å². The molecule has 7 nitrogen and oxygen atoms in total. The molecule has 0 saturated carbocycles. The summed E-state index contributed by atoms with van der Waals surface area (Å²) in [5.74, 6) is 0.884. The summed E-state index contributed by atoms with van der Waals surface area (Å²) in [7, 11) is -3.64. The first-order valence-electron chi connectivity index (χ1n) is 9.51. The van der Waals surface area contributed by atoms with Gasteiger partial charge in [-0.05, 0) is 44.0 Å². The van der Waals surface area contributed by atoms with E-state index in [4.69, 9.17) is 4.74 Å². The smallest absolute Gasteiger partial charge is 0.240 e. The van der Waals surface area contributed by atoms with Crippen molar-refractivity contribution in [3.63, 3.8) is 0 Å². The molecule has 1 unspecified atom stereocenters. The number of ether oxygens (including phenoxy) is 1. The predicted molar refractivity (Wildman–Crippen MR) is 113 cm³/mol. The number of sulfonamides is 1. The number of hydrogen-bond donors (Lipinski definition) is 1. The molecule has 0 amide bonds. The van der Waals surface area contributed by atoms with E-state index in [0.717, 1.165) is 22.4 Å². The van der Waals surface area contributed by atoms with Crippen LogP contribution in [-0.2, 0) is 21.3 Å². The first kappa shape index (κ1) is 21.2. The molecule has 0 bridgehead atoms. The predicted octanol–water partition coefficient (Wildman–Crippen LogP) is 3.05. The molecule has 0 fully saturated rings. The van der Waals surface area contributed by atoms with Crippen molar-refractivity contribution < 1.29 is 13.2 Å².